The van der Waals surface area contributed by atoms with Crippen molar-refractivity contribution < 1.29 is 14.3 Å². The summed E-state index contributed by atoms with van der Waals surface area (Å²) in [5, 5.41) is 20.5. The molecule has 2 rings (SSSR count). The van der Waals surface area contributed by atoms with E-state index in [1.165, 1.54) is 6.08 Å². The molecule has 0 atom stereocenters. The van der Waals surface area contributed by atoms with Gasteiger partial charge in [0.25, 0.3) is 5.91 Å². The molecule has 0 saturated carbocycles. The van der Waals surface area contributed by atoms with Gasteiger partial charge < -0.3 is 10.1 Å². The minimum absolute atomic E-state index is 0.212. The van der Waals surface area contributed by atoms with E-state index in [-0.39, 0.29) is 5.57 Å². The van der Waals surface area contributed by atoms with Gasteiger partial charge in [-0.05, 0) is 23.8 Å². The monoisotopic (exact) mass is 331 g/mol. The topological polar surface area (TPSA) is 103 Å². The van der Waals surface area contributed by atoms with Gasteiger partial charge in [0.15, 0.2) is 6.61 Å². The van der Waals surface area contributed by atoms with Crippen LogP contribution in [0.4, 0.5) is 5.69 Å². The Balaban J connectivity index is 1.97. The number of rotatable bonds is 5. The van der Waals surface area contributed by atoms with Gasteiger partial charge in [0.2, 0.25) is 0 Å². The molecule has 0 saturated heterocycles. The summed E-state index contributed by atoms with van der Waals surface area (Å²) < 4.78 is 4.85. The maximum Gasteiger partial charge on any atom is 0.349 e. The summed E-state index contributed by atoms with van der Waals surface area (Å²) in [5.74, 6) is -1.50. The maximum atomic E-state index is 11.9. The Morgan fingerprint density at radius 2 is 1.72 bits per heavy atom. The van der Waals surface area contributed by atoms with E-state index in [1.807, 2.05) is 12.1 Å². The van der Waals surface area contributed by atoms with Crippen molar-refractivity contribution in [2.45, 2.75) is 0 Å². The lowest BCUT2D eigenvalue weighted by Crippen LogP contribution is -2.21. The first-order valence-corrected chi connectivity index (χ1v) is 7.27. The van der Waals surface area contributed by atoms with Crippen molar-refractivity contribution in [1.29, 1.82) is 10.5 Å². The second-order valence-corrected chi connectivity index (χ2v) is 4.86. The number of nitrogens with zero attached hydrogens (tertiary/aromatic N) is 2. The Morgan fingerprint density at radius 3 is 2.40 bits per heavy atom. The van der Waals surface area contributed by atoms with Crippen LogP contribution in [0.1, 0.15) is 11.1 Å². The van der Waals surface area contributed by atoms with Crippen molar-refractivity contribution in [2.24, 2.45) is 0 Å². The third-order valence-corrected chi connectivity index (χ3v) is 3.11. The van der Waals surface area contributed by atoms with E-state index in [0.717, 1.165) is 0 Å². The van der Waals surface area contributed by atoms with Crippen molar-refractivity contribution in [3.8, 4) is 12.1 Å². The number of ether oxygens (including phenoxy) is 1. The van der Waals surface area contributed by atoms with Crippen LogP contribution in [0.5, 0.6) is 0 Å². The normalized spacial score (nSPS) is 10.2. The number of hydrogen-bond acceptors (Lipinski definition) is 5. The highest BCUT2D eigenvalue weighted by Crippen LogP contribution is 2.13. The van der Waals surface area contributed by atoms with E-state index in [0.29, 0.717) is 16.8 Å². The van der Waals surface area contributed by atoms with Crippen LogP contribution in [-0.2, 0) is 14.3 Å². The molecule has 0 spiro atoms. The lowest BCUT2D eigenvalue weighted by atomic mass is 10.1. The molecule has 0 aliphatic rings. The van der Waals surface area contributed by atoms with Gasteiger partial charge in [0, 0.05) is 0 Å². The highest BCUT2D eigenvalue weighted by Gasteiger charge is 2.14. The highest BCUT2D eigenvalue weighted by atomic mass is 16.5. The number of benzene rings is 2. The number of esters is 1. The smallest absolute Gasteiger partial charge is 0.349 e. The first-order chi connectivity index (χ1) is 12.1. The predicted octanol–water partition coefficient (Wildman–Crippen LogP) is 2.65. The number of carbonyl (C=O) groups excluding carboxylic acids is 2. The first kappa shape index (κ1) is 17.5. The summed E-state index contributed by atoms with van der Waals surface area (Å²) in [4.78, 5) is 23.8. The summed E-state index contributed by atoms with van der Waals surface area (Å²) in [6.45, 7) is -0.563. The van der Waals surface area contributed by atoms with Crippen LogP contribution < -0.4 is 5.32 Å². The van der Waals surface area contributed by atoms with Gasteiger partial charge >= 0.3 is 5.97 Å². The lowest BCUT2D eigenvalue weighted by molar-refractivity contribution is -0.142. The van der Waals surface area contributed by atoms with Crippen molar-refractivity contribution >= 4 is 23.6 Å². The molecule has 6 nitrogen and oxygen atoms in total. The van der Waals surface area contributed by atoms with Gasteiger partial charge in [0.05, 0.1) is 11.3 Å². The Hall–Kier alpha value is -3.90. The Morgan fingerprint density at radius 1 is 1.04 bits per heavy atom. The second kappa shape index (κ2) is 8.66. The van der Waals surface area contributed by atoms with Crippen molar-refractivity contribution in [2.75, 3.05) is 11.9 Å². The quantitative estimate of drug-likeness (QED) is 0.515. The molecule has 0 bridgehead atoms. The molecule has 0 aliphatic heterocycles. The van der Waals surface area contributed by atoms with Gasteiger partial charge in [-0.2, -0.15) is 10.5 Å². The lowest BCUT2D eigenvalue weighted by Gasteiger charge is -2.07. The van der Waals surface area contributed by atoms with Gasteiger partial charge in [-0.15, -0.1) is 0 Å². The molecule has 1 amide bonds. The number of nitriles is 2. The second-order valence-electron chi connectivity index (χ2n) is 4.86. The molecule has 2 aromatic carbocycles. The minimum Gasteiger partial charge on any atom is -0.451 e. The number of anilines is 1. The van der Waals surface area contributed by atoms with E-state index >= 15 is 0 Å². The third-order valence-electron chi connectivity index (χ3n) is 3.11. The number of carbonyl (C=O) groups is 2. The van der Waals surface area contributed by atoms with E-state index in [9.17, 15) is 9.59 Å². The molecule has 6 heteroatoms. The largest absolute Gasteiger partial charge is 0.451 e. The van der Waals surface area contributed by atoms with E-state index < -0.39 is 18.5 Å². The molecular formula is C19H13N3O3. The van der Waals surface area contributed by atoms with E-state index in [2.05, 4.69) is 5.32 Å². The number of nitrogens with one attached hydrogen (secondary N) is 1. The van der Waals surface area contributed by atoms with Gasteiger partial charge in [-0.3, -0.25) is 4.79 Å². The van der Waals surface area contributed by atoms with Crippen molar-refractivity contribution in [1.82, 2.24) is 0 Å². The number of amides is 1. The Kier molecular flexibility index (Phi) is 6.05. The van der Waals surface area contributed by atoms with Gasteiger partial charge in [0.1, 0.15) is 17.7 Å². The van der Waals surface area contributed by atoms with E-state index in [4.69, 9.17) is 15.3 Å². The Labute approximate surface area is 144 Å². The predicted molar refractivity (Wildman–Crippen MR) is 90.8 cm³/mol. The highest BCUT2D eigenvalue weighted by molar-refractivity contribution is 6.00. The molecule has 0 heterocycles. The van der Waals surface area contributed by atoms with Crippen LogP contribution >= 0.6 is 0 Å². The Bertz CT molecular complexity index is 890. The average Bonchev–Trinajstić information content (AvgIpc) is 2.65. The fourth-order valence-corrected chi connectivity index (χ4v) is 1.94. The standard InChI is InChI=1S/C19H13N3O3/c20-11-15-8-4-5-9-17(15)22-18(23)13-25-19(24)16(12-21)10-14-6-2-1-3-7-14/h1-10H,13H2,(H,22,23). The summed E-state index contributed by atoms with van der Waals surface area (Å²) in [5.41, 5.74) is 1.08. The molecule has 0 fully saturated rings. The van der Waals surface area contributed by atoms with Crippen LogP contribution in [0.3, 0.4) is 0 Å². The fourth-order valence-electron chi connectivity index (χ4n) is 1.94. The summed E-state index contributed by atoms with van der Waals surface area (Å²) in [7, 11) is 0. The first-order valence-electron chi connectivity index (χ1n) is 7.27. The van der Waals surface area contributed by atoms with Gasteiger partial charge in [-0.1, -0.05) is 42.5 Å². The molecule has 0 aliphatic carbocycles. The van der Waals surface area contributed by atoms with Gasteiger partial charge in [-0.25, -0.2) is 4.79 Å². The van der Waals surface area contributed by atoms with Crippen molar-refractivity contribution in [3.05, 3.63) is 71.3 Å². The zero-order chi connectivity index (χ0) is 18.1. The molecular weight excluding hydrogens is 318 g/mol. The number of hydrogen-bond donors (Lipinski definition) is 1. The number of para-hydroxylation sites is 1. The van der Waals surface area contributed by atoms with Crippen LogP contribution in [0.15, 0.2) is 60.2 Å². The van der Waals surface area contributed by atoms with Crippen molar-refractivity contribution in [3.63, 3.8) is 0 Å². The molecule has 0 unspecified atom stereocenters. The summed E-state index contributed by atoms with van der Waals surface area (Å²) in [6.07, 6.45) is 1.38. The minimum atomic E-state index is -0.893. The van der Waals surface area contributed by atoms with Crippen LogP contribution in [0, 0.1) is 22.7 Å². The molecule has 1 N–H and O–H groups in total. The van der Waals surface area contributed by atoms with Crippen LogP contribution in [0.25, 0.3) is 6.08 Å². The summed E-state index contributed by atoms with van der Waals surface area (Å²) >= 11 is 0. The molecule has 122 valence electrons. The fraction of sp³-hybridized carbons (Fsp3) is 0.0526. The zero-order valence-corrected chi connectivity index (χ0v) is 13.1. The average molecular weight is 331 g/mol. The molecule has 2 aromatic rings. The SMILES string of the molecule is N#CC(=Cc1ccccc1)C(=O)OCC(=O)Nc1ccccc1C#N. The van der Waals surface area contributed by atoms with Crippen LogP contribution in [0.2, 0.25) is 0 Å². The van der Waals surface area contributed by atoms with E-state index in [1.54, 1.807) is 54.6 Å². The maximum absolute atomic E-state index is 11.9. The van der Waals surface area contributed by atoms with Crippen LogP contribution in [-0.4, -0.2) is 18.5 Å². The molecule has 0 aromatic heterocycles. The summed E-state index contributed by atoms with van der Waals surface area (Å²) in [6, 6.07) is 19.0. The molecule has 25 heavy (non-hydrogen) atoms. The third kappa shape index (κ3) is 5.05. The molecule has 0 radical (unpaired) electrons. The zero-order valence-electron chi connectivity index (χ0n) is 13.1.